The van der Waals surface area contributed by atoms with Gasteiger partial charge in [0.1, 0.15) is 0 Å². The van der Waals surface area contributed by atoms with Gasteiger partial charge in [0.05, 0.1) is 5.60 Å². The summed E-state index contributed by atoms with van der Waals surface area (Å²) < 4.78 is 0. The van der Waals surface area contributed by atoms with Crippen molar-refractivity contribution in [1.82, 2.24) is 5.32 Å². The monoisotopic (exact) mass is 220 g/mol. The van der Waals surface area contributed by atoms with Crippen LogP contribution in [0.1, 0.15) is 18.4 Å². The zero-order chi connectivity index (χ0) is 11.4. The Hall–Kier alpha value is -1.06. The van der Waals surface area contributed by atoms with Crippen molar-refractivity contribution in [3.63, 3.8) is 0 Å². The van der Waals surface area contributed by atoms with Crippen LogP contribution < -0.4 is 10.6 Å². The molecule has 0 atom stereocenters. The first kappa shape index (κ1) is 11.4. The number of hydrogen-bond acceptors (Lipinski definition) is 3. The molecule has 1 aliphatic heterocycles. The van der Waals surface area contributed by atoms with Gasteiger partial charge in [-0.15, -0.1) is 0 Å². The van der Waals surface area contributed by atoms with E-state index in [-0.39, 0.29) is 0 Å². The minimum atomic E-state index is -0.548. The molecule has 2 rings (SSSR count). The highest BCUT2D eigenvalue weighted by Crippen LogP contribution is 2.20. The fraction of sp³-hybridized carbons (Fsp3) is 0.538. The smallest absolute Gasteiger partial charge is 0.0843 e. The summed E-state index contributed by atoms with van der Waals surface area (Å²) in [7, 11) is 0. The molecule has 0 bridgehead atoms. The highest BCUT2D eigenvalue weighted by molar-refractivity contribution is 5.50. The summed E-state index contributed by atoms with van der Waals surface area (Å²) in [5.74, 6) is 0. The lowest BCUT2D eigenvalue weighted by Crippen LogP contribution is -2.46. The zero-order valence-corrected chi connectivity index (χ0v) is 9.79. The second-order valence-electron chi connectivity index (χ2n) is 4.64. The van der Waals surface area contributed by atoms with Gasteiger partial charge in [0.25, 0.3) is 0 Å². The van der Waals surface area contributed by atoms with Gasteiger partial charge in [-0.1, -0.05) is 18.2 Å². The average Bonchev–Trinajstić information content (AvgIpc) is 2.29. The Kier molecular flexibility index (Phi) is 3.46. The van der Waals surface area contributed by atoms with E-state index in [0.29, 0.717) is 6.54 Å². The SMILES string of the molecule is Cc1ccccc1NCC1(O)CCNCC1. The predicted octanol–water partition coefficient (Wildman–Crippen LogP) is 1.52. The van der Waals surface area contributed by atoms with E-state index in [1.165, 1.54) is 5.56 Å². The number of aliphatic hydroxyl groups is 1. The average molecular weight is 220 g/mol. The molecule has 0 amide bonds. The summed E-state index contributed by atoms with van der Waals surface area (Å²) in [5, 5.41) is 16.9. The molecule has 16 heavy (non-hydrogen) atoms. The van der Waals surface area contributed by atoms with E-state index in [9.17, 15) is 5.11 Å². The molecule has 88 valence electrons. The van der Waals surface area contributed by atoms with Gasteiger partial charge < -0.3 is 15.7 Å². The predicted molar refractivity (Wildman–Crippen MR) is 66.7 cm³/mol. The Morgan fingerprint density at radius 3 is 2.69 bits per heavy atom. The third-order valence-corrected chi connectivity index (χ3v) is 3.29. The number of anilines is 1. The number of aryl methyl sites for hydroxylation is 1. The molecular formula is C13H20N2O. The van der Waals surface area contributed by atoms with E-state index < -0.39 is 5.60 Å². The molecule has 0 saturated carbocycles. The number of nitrogens with one attached hydrogen (secondary N) is 2. The van der Waals surface area contributed by atoms with Crippen molar-refractivity contribution in [2.75, 3.05) is 25.0 Å². The van der Waals surface area contributed by atoms with Crippen LogP contribution in [-0.2, 0) is 0 Å². The van der Waals surface area contributed by atoms with E-state index in [1.54, 1.807) is 0 Å². The second kappa shape index (κ2) is 4.85. The lowest BCUT2D eigenvalue weighted by molar-refractivity contribution is 0.0232. The number of para-hydroxylation sites is 1. The minimum absolute atomic E-state index is 0.548. The van der Waals surface area contributed by atoms with Gasteiger partial charge in [0, 0.05) is 12.2 Å². The number of hydrogen-bond donors (Lipinski definition) is 3. The number of piperidine rings is 1. The summed E-state index contributed by atoms with van der Waals surface area (Å²) in [6.07, 6.45) is 1.65. The molecule has 0 spiro atoms. The topological polar surface area (TPSA) is 44.3 Å². The van der Waals surface area contributed by atoms with Gasteiger partial charge in [0.2, 0.25) is 0 Å². The summed E-state index contributed by atoms with van der Waals surface area (Å²) in [4.78, 5) is 0. The first-order valence-corrected chi connectivity index (χ1v) is 5.92. The molecule has 3 nitrogen and oxygen atoms in total. The number of benzene rings is 1. The summed E-state index contributed by atoms with van der Waals surface area (Å²) in [5.41, 5.74) is 1.79. The van der Waals surface area contributed by atoms with E-state index in [4.69, 9.17) is 0 Å². The molecule has 0 radical (unpaired) electrons. The largest absolute Gasteiger partial charge is 0.388 e. The van der Waals surface area contributed by atoms with Crippen molar-refractivity contribution < 1.29 is 5.11 Å². The molecule has 1 aromatic rings. The number of rotatable bonds is 3. The van der Waals surface area contributed by atoms with E-state index in [0.717, 1.165) is 31.6 Å². The van der Waals surface area contributed by atoms with Crippen LogP contribution in [0, 0.1) is 6.92 Å². The fourth-order valence-electron chi connectivity index (χ4n) is 2.10. The van der Waals surface area contributed by atoms with Crippen LogP contribution >= 0.6 is 0 Å². The molecule has 3 heteroatoms. The van der Waals surface area contributed by atoms with Crippen LogP contribution in [0.5, 0.6) is 0 Å². The molecule has 3 N–H and O–H groups in total. The van der Waals surface area contributed by atoms with Crippen LogP contribution in [0.3, 0.4) is 0 Å². The summed E-state index contributed by atoms with van der Waals surface area (Å²) >= 11 is 0. The van der Waals surface area contributed by atoms with Crippen molar-refractivity contribution in [2.45, 2.75) is 25.4 Å². The Bertz CT molecular complexity index is 346. The van der Waals surface area contributed by atoms with E-state index >= 15 is 0 Å². The van der Waals surface area contributed by atoms with Gasteiger partial charge in [0.15, 0.2) is 0 Å². The Morgan fingerprint density at radius 2 is 2.00 bits per heavy atom. The van der Waals surface area contributed by atoms with Gasteiger partial charge in [-0.05, 0) is 44.5 Å². The highest BCUT2D eigenvalue weighted by atomic mass is 16.3. The first-order valence-electron chi connectivity index (χ1n) is 5.92. The fourth-order valence-corrected chi connectivity index (χ4v) is 2.10. The summed E-state index contributed by atoms with van der Waals surface area (Å²) in [6.45, 7) is 4.53. The van der Waals surface area contributed by atoms with Crippen molar-refractivity contribution in [2.24, 2.45) is 0 Å². The van der Waals surface area contributed by atoms with Crippen molar-refractivity contribution in [3.05, 3.63) is 29.8 Å². The van der Waals surface area contributed by atoms with Crippen molar-refractivity contribution in [3.8, 4) is 0 Å². The Morgan fingerprint density at radius 1 is 1.31 bits per heavy atom. The lowest BCUT2D eigenvalue weighted by Gasteiger charge is -2.33. The lowest BCUT2D eigenvalue weighted by atomic mass is 9.92. The minimum Gasteiger partial charge on any atom is -0.388 e. The molecule has 1 aromatic carbocycles. The first-order chi connectivity index (χ1) is 7.70. The zero-order valence-electron chi connectivity index (χ0n) is 9.79. The standard InChI is InChI=1S/C13H20N2O/c1-11-4-2-3-5-12(11)15-10-13(16)6-8-14-9-7-13/h2-5,14-16H,6-10H2,1H3. The van der Waals surface area contributed by atoms with E-state index in [1.807, 2.05) is 12.1 Å². The normalized spacial score (nSPS) is 19.4. The third kappa shape index (κ3) is 2.74. The molecule has 0 aliphatic carbocycles. The van der Waals surface area contributed by atoms with Crippen LogP contribution in [0.25, 0.3) is 0 Å². The van der Waals surface area contributed by atoms with Crippen molar-refractivity contribution in [1.29, 1.82) is 0 Å². The second-order valence-corrected chi connectivity index (χ2v) is 4.64. The third-order valence-electron chi connectivity index (χ3n) is 3.29. The highest BCUT2D eigenvalue weighted by Gasteiger charge is 2.28. The molecule has 1 heterocycles. The maximum atomic E-state index is 10.3. The Balaban J connectivity index is 1.94. The molecule has 1 fully saturated rings. The van der Waals surface area contributed by atoms with Crippen LogP contribution in [-0.4, -0.2) is 30.3 Å². The van der Waals surface area contributed by atoms with Crippen LogP contribution in [0.2, 0.25) is 0 Å². The van der Waals surface area contributed by atoms with Gasteiger partial charge in [-0.2, -0.15) is 0 Å². The maximum absolute atomic E-state index is 10.3. The molecule has 1 saturated heterocycles. The van der Waals surface area contributed by atoms with Gasteiger partial charge >= 0.3 is 0 Å². The van der Waals surface area contributed by atoms with Crippen molar-refractivity contribution >= 4 is 5.69 Å². The molecule has 0 aromatic heterocycles. The van der Waals surface area contributed by atoms with Crippen LogP contribution in [0.15, 0.2) is 24.3 Å². The van der Waals surface area contributed by atoms with Gasteiger partial charge in [-0.3, -0.25) is 0 Å². The molecule has 1 aliphatic rings. The van der Waals surface area contributed by atoms with E-state index in [2.05, 4.69) is 29.7 Å². The maximum Gasteiger partial charge on any atom is 0.0843 e. The summed E-state index contributed by atoms with van der Waals surface area (Å²) in [6, 6.07) is 8.18. The van der Waals surface area contributed by atoms with Crippen LogP contribution in [0.4, 0.5) is 5.69 Å². The molecule has 0 unspecified atom stereocenters. The molecular weight excluding hydrogens is 200 g/mol. The quantitative estimate of drug-likeness (QED) is 0.723. The Labute approximate surface area is 96.9 Å². The van der Waals surface area contributed by atoms with Gasteiger partial charge in [-0.25, -0.2) is 0 Å².